The summed E-state index contributed by atoms with van der Waals surface area (Å²) < 4.78 is 5.36. The number of rotatable bonds is 4. The maximum Gasteiger partial charge on any atom is 0.129 e. The molecular formula is C15H24N4O2. The molecule has 6 heteroatoms. The average Bonchev–Trinajstić information content (AvgIpc) is 2.94. The number of aliphatic hydroxyl groups excluding tert-OH is 1. The molecule has 0 unspecified atom stereocenters. The lowest BCUT2D eigenvalue weighted by Crippen LogP contribution is -2.47. The van der Waals surface area contributed by atoms with Crippen LogP contribution in [0.15, 0.2) is 12.4 Å². The van der Waals surface area contributed by atoms with Crippen molar-refractivity contribution in [3.05, 3.63) is 18.1 Å². The molecule has 0 bridgehead atoms. The molecule has 2 atom stereocenters. The minimum Gasteiger partial charge on any atom is -0.389 e. The highest BCUT2D eigenvalue weighted by atomic mass is 16.5. The van der Waals surface area contributed by atoms with Gasteiger partial charge in [-0.25, -0.2) is 9.97 Å². The van der Waals surface area contributed by atoms with Crippen LogP contribution in [0.5, 0.6) is 0 Å². The van der Waals surface area contributed by atoms with E-state index in [-0.39, 0.29) is 12.1 Å². The lowest BCUT2D eigenvalue weighted by atomic mass is 9.91. The summed E-state index contributed by atoms with van der Waals surface area (Å²) >= 11 is 0. The van der Waals surface area contributed by atoms with Crippen LogP contribution in [0, 0.1) is 5.92 Å². The molecule has 2 aliphatic heterocycles. The number of aliphatic hydroxyl groups is 1. The summed E-state index contributed by atoms with van der Waals surface area (Å²) in [4.78, 5) is 10.9. The fourth-order valence-corrected chi connectivity index (χ4v) is 3.31. The van der Waals surface area contributed by atoms with Crippen molar-refractivity contribution in [1.82, 2.24) is 14.9 Å². The molecule has 1 aromatic rings. The van der Waals surface area contributed by atoms with E-state index in [1.807, 2.05) is 13.1 Å². The predicted octanol–water partition coefficient (Wildman–Crippen LogP) is 0.532. The van der Waals surface area contributed by atoms with Crippen molar-refractivity contribution in [2.24, 2.45) is 5.92 Å². The van der Waals surface area contributed by atoms with Crippen LogP contribution in [0.25, 0.3) is 0 Å². The van der Waals surface area contributed by atoms with Crippen molar-refractivity contribution < 1.29 is 9.84 Å². The van der Waals surface area contributed by atoms with Crippen molar-refractivity contribution in [3.8, 4) is 0 Å². The van der Waals surface area contributed by atoms with Crippen LogP contribution < -0.4 is 5.32 Å². The Labute approximate surface area is 125 Å². The standard InChI is InChI=1S/C15H24N4O2/c1-16-15-7-12(17-10-18-15)6-11-2-4-19(5-3-11)13-8-21-9-14(13)20/h7,10-11,13-14,20H,2-6,8-9H2,1H3,(H,16,17,18)/t13-,14+/m0/s1. The Morgan fingerprint density at radius 1 is 1.33 bits per heavy atom. The molecule has 0 radical (unpaired) electrons. The number of hydrogen-bond acceptors (Lipinski definition) is 6. The highest BCUT2D eigenvalue weighted by molar-refractivity contribution is 5.33. The van der Waals surface area contributed by atoms with Gasteiger partial charge < -0.3 is 15.2 Å². The lowest BCUT2D eigenvalue weighted by molar-refractivity contribution is 0.0586. The molecule has 0 spiro atoms. The van der Waals surface area contributed by atoms with Gasteiger partial charge in [-0.15, -0.1) is 0 Å². The Morgan fingerprint density at radius 2 is 2.14 bits per heavy atom. The molecule has 3 rings (SSSR count). The van der Waals surface area contributed by atoms with Gasteiger partial charge in [0, 0.05) is 18.8 Å². The maximum atomic E-state index is 9.91. The van der Waals surface area contributed by atoms with E-state index in [9.17, 15) is 5.11 Å². The third-order valence-electron chi connectivity index (χ3n) is 4.62. The smallest absolute Gasteiger partial charge is 0.129 e. The number of anilines is 1. The highest BCUT2D eigenvalue weighted by Crippen LogP contribution is 2.25. The van der Waals surface area contributed by atoms with E-state index in [1.54, 1.807) is 6.33 Å². The van der Waals surface area contributed by atoms with Crippen LogP contribution in [0.3, 0.4) is 0 Å². The molecule has 0 amide bonds. The van der Waals surface area contributed by atoms with E-state index >= 15 is 0 Å². The van der Waals surface area contributed by atoms with Gasteiger partial charge in [-0.05, 0) is 38.3 Å². The largest absolute Gasteiger partial charge is 0.389 e. The molecule has 21 heavy (non-hydrogen) atoms. The van der Waals surface area contributed by atoms with Gasteiger partial charge in [0.2, 0.25) is 0 Å². The van der Waals surface area contributed by atoms with E-state index in [0.717, 1.165) is 43.9 Å². The highest BCUT2D eigenvalue weighted by Gasteiger charge is 2.33. The van der Waals surface area contributed by atoms with E-state index in [4.69, 9.17) is 4.74 Å². The summed E-state index contributed by atoms with van der Waals surface area (Å²) in [7, 11) is 1.87. The number of aromatic nitrogens is 2. The molecule has 2 N–H and O–H groups in total. The van der Waals surface area contributed by atoms with Crippen LogP contribution >= 0.6 is 0 Å². The number of hydrogen-bond donors (Lipinski definition) is 2. The first-order chi connectivity index (χ1) is 10.3. The molecule has 3 heterocycles. The summed E-state index contributed by atoms with van der Waals surface area (Å²) in [5.41, 5.74) is 1.11. The normalized spacial score (nSPS) is 27.9. The minimum absolute atomic E-state index is 0.195. The van der Waals surface area contributed by atoms with Gasteiger partial charge in [0.05, 0.1) is 25.4 Å². The van der Waals surface area contributed by atoms with Crippen LogP contribution in [0.4, 0.5) is 5.82 Å². The second-order valence-electron chi connectivity index (χ2n) is 6.00. The zero-order chi connectivity index (χ0) is 14.7. The number of nitrogens with zero attached hydrogens (tertiary/aromatic N) is 3. The van der Waals surface area contributed by atoms with E-state index in [0.29, 0.717) is 19.1 Å². The Kier molecular flexibility index (Phi) is 4.67. The average molecular weight is 292 g/mol. The second kappa shape index (κ2) is 6.68. The van der Waals surface area contributed by atoms with Gasteiger partial charge in [-0.1, -0.05) is 0 Å². The van der Waals surface area contributed by atoms with Crippen LogP contribution in [0.2, 0.25) is 0 Å². The van der Waals surface area contributed by atoms with Gasteiger partial charge in [0.1, 0.15) is 12.1 Å². The molecule has 6 nitrogen and oxygen atoms in total. The molecule has 116 valence electrons. The van der Waals surface area contributed by atoms with Crippen molar-refractivity contribution in [3.63, 3.8) is 0 Å². The number of likely N-dealkylation sites (tertiary alicyclic amines) is 1. The summed E-state index contributed by atoms with van der Waals surface area (Å²) in [5.74, 6) is 1.55. The molecule has 2 saturated heterocycles. The van der Waals surface area contributed by atoms with Crippen molar-refractivity contribution in [1.29, 1.82) is 0 Å². The zero-order valence-electron chi connectivity index (χ0n) is 12.5. The Hall–Kier alpha value is -1.24. The van der Waals surface area contributed by atoms with E-state index in [1.165, 1.54) is 0 Å². The molecule has 0 saturated carbocycles. The molecule has 2 aliphatic rings. The molecule has 2 fully saturated rings. The quantitative estimate of drug-likeness (QED) is 0.844. The molecule has 0 aromatic carbocycles. The van der Waals surface area contributed by atoms with Crippen LogP contribution in [0.1, 0.15) is 18.5 Å². The topological polar surface area (TPSA) is 70.5 Å². The van der Waals surface area contributed by atoms with Gasteiger partial charge in [0.25, 0.3) is 0 Å². The van der Waals surface area contributed by atoms with E-state index in [2.05, 4.69) is 20.2 Å². The van der Waals surface area contributed by atoms with Gasteiger partial charge >= 0.3 is 0 Å². The summed E-state index contributed by atoms with van der Waals surface area (Å²) in [6.45, 7) is 3.24. The Morgan fingerprint density at radius 3 is 2.81 bits per heavy atom. The number of ether oxygens (including phenoxy) is 1. The minimum atomic E-state index is -0.318. The lowest BCUT2D eigenvalue weighted by Gasteiger charge is -2.36. The van der Waals surface area contributed by atoms with Gasteiger partial charge in [0.15, 0.2) is 0 Å². The SMILES string of the molecule is CNc1cc(CC2CCN([C@H]3COC[C@H]3O)CC2)ncn1. The third kappa shape index (κ3) is 3.51. The molecular weight excluding hydrogens is 268 g/mol. The van der Waals surface area contributed by atoms with Crippen LogP contribution in [-0.4, -0.2) is 65.5 Å². The summed E-state index contributed by atoms with van der Waals surface area (Å²) in [5, 5.41) is 13.0. The number of nitrogens with one attached hydrogen (secondary N) is 1. The third-order valence-corrected chi connectivity index (χ3v) is 4.62. The maximum absolute atomic E-state index is 9.91. The second-order valence-corrected chi connectivity index (χ2v) is 6.00. The van der Waals surface area contributed by atoms with Crippen molar-refractivity contribution >= 4 is 5.82 Å². The summed E-state index contributed by atoms with van der Waals surface area (Å²) in [6, 6.07) is 2.22. The van der Waals surface area contributed by atoms with Crippen molar-refractivity contribution in [2.45, 2.75) is 31.4 Å². The monoisotopic (exact) mass is 292 g/mol. The predicted molar refractivity (Wildman–Crippen MR) is 80.2 cm³/mol. The molecule has 0 aliphatic carbocycles. The Bertz CT molecular complexity index is 463. The first kappa shape index (κ1) is 14.7. The fraction of sp³-hybridized carbons (Fsp3) is 0.733. The Balaban J connectivity index is 1.51. The fourth-order valence-electron chi connectivity index (χ4n) is 3.31. The first-order valence-corrected chi connectivity index (χ1v) is 7.75. The number of piperidine rings is 1. The zero-order valence-corrected chi connectivity index (χ0v) is 12.5. The first-order valence-electron chi connectivity index (χ1n) is 7.75. The van der Waals surface area contributed by atoms with Crippen molar-refractivity contribution in [2.75, 3.05) is 38.7 Å². The van der Waals surface area contributed by atoms with Gasteiger partial charge in [-0.2, -0.15) is 0 Å². The molecule has 1 aromatic heterocycles. The summed E-state index contributed by atoms with van der Waals surface area (Å²) in [6.07, 6.45) is 4.63. The van der Waals surface area contributed by atoms with Crippen LogP contribution in [-0.2, 0) is 11.2 Å². The van der Waals surface area contributed by atoms with Gasteiger partial charge in [-0.3, -0.25) is 4.90 Å². The van der Waals surface area contributed by atoms with E-state index < -0.39 is 0 Å².